The van der Waals surface area contributed by atoms with Crippen LogP contribution in [0.3, 0.4) is 0 Å². The highest BCUT2D eigenvalue weighted by Gasteiger charge is 2.13. The van der Waals surface area contributed by atoms with Gasteiger partial charge in [0.1, 0.15) is 5.52 Å². The van der Waals surface area contributed by atoms with E-state index in [4.69, 9.17) is 15.7 Å². The topological polar surface area (TPSA) is 64.7 Å². The zero-order valence-corrected chi connectivity index (χ0v) is 13.1. The molecule has 116 valence electrons. The maximum Gasteiger partial charge on any atom is 0.108 e. The second kappa shape index (κ2) is 6.18. The fourth-order valence-corrected chi connectivity index (χ4v) is 2.70. The van der Waals surface area contributed by atoms with Crippen molar-refractivity contribution in [3.8, 4) is 22.5 Å². The molecule has 0 unspecified atom stereocenters. The average molecular weight is 312 g/mol. The van der Waals surface area contributed by atoms with Gasteiger partial charge in [-0.15, -0.1) is 0 Å². The Morgan fingerprint density at radius 3 is 2.08 bits per heavy atom. The number of hydrogen-bond acceptors (Lipinski definition) is 4. The second-order valence-corrected chi connectivity index (χ2v) is 5.55. The molecule has 0 saturated heterocycles. The van der Waals surface area contributed by atoms with Crippen LogP contribution < -0.4 is 5.73 Å². The van der Waals surface area contributed by atoms with Gasteiger partial charge in [0.2, 0.25) is 0 Å². The average Bonchev–Trinajstić information content (AvgIpc) is 2.68. The summed E-state index contributed by atoms with van der Waals surface area (Å²) in [7, 11) is 0. The van der Waals surface area contributed by atoms with Gasteiger partial charge in [0.15, 0.2) is 0 Å². The fourth-order valence-electron chi connectivity index (χ4n) is 2.70. The van der Waals surface area contributed by atoms with Crippen LogP contribution in [0.5, 0.6) is 0 Å². The molecule has 0 aliphatic carbocycles. The van der Waals surface area contributed by atoms with Gasteiger partial charge in [-0.3, -0.25) is 4.98 Å². The van der Waals surface area contributed by atoms with E-state index >= 15 is 0 Å². The number of aromatic nitrogens is 3. The predicted octanol–water partition coefficient (Wildman–Crippen LogP) is 3.82. The molecule has 0 fully saturated rings. The number of nitrogens with zero attached hydrogens (tertiary/aromatic N) is 3. The monoisotopic (exact) mass is 312 g/mol. The molecular formula is C20H16N4. The van der Waals surface area contributed by atoms with Crippen LogP contribution >= 0.6 is 0 Å². The number of nitrogens with two attached hydrogens (primary N) is 1. The summed E-state index contributed by atoms with van der Waals surface area (Å²) in [5.74, 6) is 0. The molecular weight excluding hydrogens is 296 g/mol. The van der Waals surface area contributed by atoms with E-state index in [1.54, 1.807) is 12.4 Å². The quantitative estimate of drug-likeness (QED) is 0.624. The smallest absolute Gasteiger partial charge is 0.108 e. The van der Waals surface area contributed by atoms with Crippen molar-refractivity contribution in [3.63, 3.8) is 0 Å². The Kier molecular flexibility index (Phi) is 3.73. The zero-order chi connectivity index (χ0) is 16.4. The number of hydrogen-bond donors (Lipinski definition) is 1. The molecule has 4 rings (SSSR count). The molecule has 0 saturated carbocycles. The van der Waals surface area contributed by atoms with Gasteiger partial charge in [0, 0.05) is 23.9 Å². The lowest BCUT2D eigenvalue weighted by molar-refractivity contribution is 1.07. The van der Waals surface area contributed by atoms with Crippen molar-refractivity contribution >= 4 is 11.0 Å². The predicted molar refractivity (Wildman–Crippen MR) is 96.1 cm³/mol. The van der Waals surface area contributed by atoms with Crippen molar-refractivity contribution in [2.75, 3.05) is 0 Å². The van der Waals surface area contributed by atoms with Crippen molar-refractivity contribution in [2.24, 2.45) is 5.73 Å². The fraction of sp³-hybridized carbons (Fsp3) is 0.0500. The standard InChI is InChI=1S/C20H16N4/c21-12-14-6-8-16(9-7-14)20-19(15-4-2-1-3-5-15)23-17-10-11-22-13-18(17)24-20/h1-11,13H,12,21H2. The molecule has 0 bridgehead atoms. The summed E-state index contributed by atoms with van der Waals surface area (Å²) in [5, 5.41) is 0. The Hall–Kier alpha value is -3.11. The highest BCUT2D eigenvalue weighted by atomic mass is 14.8. The minimum Gasteiger partial charge on any atom is -0.326 e. The third-order valence-electron chi connectivity index (χ3n) is 3.98. The number of fused-ring (bicyclic) bond motifs is 1. The highest BCUT2D eigenvalue weighted by molar-refractivity contribution is 5.85. The van der Waals surface area contributed by atoms with E-state index in [0.29, 0.717) is 6.54 Å². The summed E-state index contributed by atoms with van der Waals surface area (Å²) in [6, 6.07) is 20.1. The van der Waals surface area contributed by atoms with Crippen LogP contribution in [-0.2, 0) is 6.54 Å². The summed E-state index contributed by atoms with van der Waals surface area (Å²) >= 11 is 0. The van der Waals surface area contributed by atoms with Crippen LogP contribution in [0.15, 0.2) is 73.1 Å². The van der Waals surface area contributed by atoms with Gasteiger partial charge in [-0.1, -0.05) is 54.6 Å². The van der Waals surface area contributed by atoms with Crippen molar-refractivity contribution in [1.82, 2.24) is 15.0 Å². The Bertz CT molecular complexity index is 979. The van der Waals surface area contributed by atoms with Crippen molar-refractivity contribution < 1.29 is 0 Å². The van der Waals surface area contributed by atoms with E-state index in [0.717, 1.165) is 39.1 Å². The lowest BCUT2D eigenvalue weighted by Crippen LogP contribution is -1.98. The van der Waals surface area contributed by atoms with Gasteiger partial charge in [-0.25, -0.2) is 9.97 Å². The second-order valence-electron chi connectivity index (χ2n) is 5.55. The number of rotatable bonds is 3. The molecule has 2 N–H and O–H groups in total. The van der Waals surface area contributed by atoms with Crippen molar-refractivity contribution in [1.29, 1.82) is 0 Å². The van der Waals surface area contributed by atoms with Gasteiger partial charge < -0.3 is 5.73 Å². The van der Waals surface area contributed by atoms with E-state index in [1.165, 1.54) is 0 Å². The Balaban J connectivity index is 1.97. The molecule has 0 atom stereocenters. The van der Waals surface area contributed by atoms with E-state index in [1.807, 2.05) is 48.5 Å². The van der Waals surface area contributed by atoms with Crippen LogP contribution in [0, 0.1) is 0 Å². The van der Waals surface area contributed by atoms with Crippen LogP contribution in [0.1, 0.15) is 5.56 Å². The third-order valence-corrected chi connectivity index (χ3v) is 3.98. The summed E-state index contributed by atoms with van der Waals surface area (Å²) in [4.78, 5) is 13.8. The van der Waals surface area contributed by atoms with Crippen LogP contribution in [0.25, 0.3) is 33.5 Å². The van der Waals surface area contributed by atoms with E-state index in [-0.39, 0.29) is 0 Å². The first-order valence-electron chi connectivity index (χ1n) is 7.82. The van der Waals surface area contributed by atoms with E-state index in [9.17, 15) is 0 Å². The first-order valence-corrected chi connectivity index (χ1v) is 7.82. The first kappa shape index (κ1) is 14.5. The summed E-state index contributed by atoms with van der Waals surface area (Å²) in [5.41, 5.74) is 12.2. The normalized spacial score (nSPS) is 10.9. The molecule has 2 aromatic heterocycles. The van der Waals surface area contributed by atoms with Crippen molar-refractivity contribution in [3.05, 3.63) is 78.6 Å². The Morgan fingerprint density at radius 2 is 1.38 bits per heavy atom. The molecule has 2 heterocycles. The molecule has 2 aromatic carbocycles. The summed E-state index contributed by atoms with van der Waals surface area (Å²) in [6.07, 6.45) is 3.48. The Morgan fingerprint density at radius 1 is 0.708 bits per heavy atom. The van der Waals surface area contributed by atoms with Crippen molar-refractivity contribution in [2.45, 2.75) is 6.54 Å². The SMILES string of the molecule is NCc1ccc(-c2nc3cnccc3nc2-c2ccccc2)cc1. The Labute approximate surface area is 140 Å². The van der Waals surface area contributed by atoms with Gasteiger partial charge >= 0.3 is 0 Å². The molecule has 0 aliphatic rings. The molecule has 0 spiro atoms. The first-order chi connectivity index (χ1) is 11.8. The molecule has 0 aliphatic heterocycles. The maximum absolute atomic E-state index is 5.70. The van der Waals surface area contributed by atoms with Gasteiger partial charge in [0.25, 0.3) is 0 Å². The minimum absolute atomic E-state index is 0.527. The van der Waals surface area contributed by atoms with Gasteiger partial charge in [0.05, 0.1) is 23.1 Å². The third kappa shape index (κ3) is 2.64. The lowest BCUT2D eigenvalue weighted by Gasteiger charge is -2.10. The van der Waals surface area contributed by atoms with Crippen LogP contribution in [0.4, 0.5) is 0 Å². The lowest BCUT2D eigenvalue weighted by atomic mass is 10.0. The molecule has 0 radical (unpaired) electrons. The van der Waals surface area contributed by atoms with Crippen LogP contribution in [-0.4, -0.2) is 15.0 Å². The molecule has 0 amide bonds. The summed E-state index contributed by atoms with van der Waals surface area (Å²) < 4.78 is 0. The molecule has 4 heteroatoms. The van der Waals surface area contributed by atoms with Crippen LogP contribution in [0.2, 0.25) is 0 Å². The largest absolute Gasteiger partial charge is 0.326 e. The maximum atomic E-state index is 5.70. The van der Waals surface area contributed by atoms with E-state index in [2.05, 4.69) is 17.1 Å². The van der Waals surface area contributed by atoms with E-state index < -0.39 is 0 Å². The highest BCUT2D eigenvalue weighted by Crippen LogP contribution is 2.30. The molecule has 24 heavy (non-hydrogen) atoms. The molecule has 4 aromatic rings. The minimum atomic E-state index is 0.527. The van der Waals surface area contributed by atoms with Gasteiger partial charge in [-0.2, -0.15) is 0 Å². The number of pyridine rings is 1. The van der Waals surface area contributed by atoms with Gasteiger partial charge in [-0.05, 0) is 11.6 Å². The zero-order valence-electron chi connectivity index (χ0n) is 13.1. The number of benzene rings is 2. The summed E-state index contributed by atoms with van der Waals surface area (Å²) in [6.45, 7) is 0.527. The molecule has 4 nitrogen and oxygen atoms in total.